The van der Waals surface area contributed by atoms with Crippen LogP contribution in [0.15, 0.2) is 72.8 Å². The fraction of sp³-hybridized carbons (Fsp3) is 0.447. The van der Waals surface area contributed by atoms with E-state index in [4.69, 9.17) is 26.7 Å². The number of aryl methyl sites for hydroxylation is 1. The van der Waals surface area contributed by atoms with E-state index in [9.17, 15) is 13.2 Å². The van der Waals surface area contributed by atoms with Gasteiger partial charge in [-0.15, -0.1) is 0 Å². The first-order chi connectivity index (χ1) is 24.5. The van der Waals surface area contributed by atoms with E-state index in [0.717, 1.165) is 50.1 Å². The summed E-state index contributed by atoms with van der Waals surface area (Å²) in [6.07, 6.45) is 0.397. The quantitative estimate of drug-likeness (QED) is 0.0667. The first-order valence-electron chi connectivity index (χ1n) is 17.9. The molecule has 1 aromatic heterocycles. The monoisotopic (exact) mass is 779 g/mol. The van der Waals surface area contributed by atoms with E-state index in [2.05, 4.69) is 54.5 Å². The van der Waals surface area contributed by atoms with Gasteiger partial charge in [-0.1, -0.05) is 87.8 Å². The lowest BCUT2D eigenvalue weighted by Crippen LogP contribution is -2.35. The molecule has 0 saturated carbocycles. The molecule has 14 heteroatoms. The molecule has 0 radical (unpaired) electrons. The molecule has 0 bridgehead atoms. The Labute approximate surface area is 316 Å². The van der Waals surface area contributed by atoms with Gasteiger partial charge < -0.3 is 24.7 Å². The molecule has 5 rings (SSSR count). The lowest BCUT2D eigenvalue weighted by molar-refractivity contribution is -0.128. The molecule has 0 aliphatic carbocycles. The van der Waals surface area contributed by atoms with Crippen LogP contribution in [0.5, 0.6) is 0 Å². The Morgan fingerprint density at radius 3 is 2.21 bits per heavy atom. The Morgan fingerprint density at radius 1 is 0.923 bits per heavy atom. The van der Waals surface area contributed by atoms with Crippen molar-refractivity contribution in [1.29, 1.82) is 0 Å². The Kier molecular flexibility index (Phi) is 12.8. The number of benzene rings is 3. The highest BCUT2D eigenvalue weighted by molar-refractivity contribution is 7.90. The van der Waals surface area contributed by atoms with Crippen LogP contribution in [0.3, 0.4) is 0 Å². The smallest absolute Gasteiger partial charge is 0.246 e. The van der Waals surface area contributed by atoms with Crippen LogP contribution in [0.4, 0.5) is 5.69 Å². The molecule has 1 saturated heterocycles. The van der Waals surface area contributed by atoms with Gasteiger partial charge in [0.2, 0.25) is 15.9 Å². The fourth-order valence-corrected chi connectivity index (χ4v) is 9.75. The Balaban J connectivity index is 1.41. The Hall–Kier alpha value is -3.41. The topological polar surface area (TPSA) is 115 Å². The first-order valence-corrected chi connectivity index (χ1v) is 27.2. The average molecular weight is 780 g/mol. The molecule has 10 nitrogen and oxygen atoms in total. The summed E-state index contributed by atoms with van der Waals surface area (Å²) in [5.41, 5.74) is 5.08. The highest BCUT2D eigenvalue weighted by Gasteiger charge is 2.46. The van der Waals surface area contributed by atoms with E-state index in [1.807, 2.05) is 79.7 Å². The van der Waals surface area contributed by atoms with Crippen molar-refractivity contribution in [2.45, 2.75) is 89.2 Å². The van der Waals surface area contributed by atoms with Crippen molar-refractivity contribution in [2.75, 3.05) is 25.3 Å². The third-order valence-corrected chi connectivity index (χ3v) is 14.9. The zero-order chi connectivity index (χ0) is 37.7. The number of nitrogens with zero attached hydrogens (tertiary/aromatic N) is 3. The van der Waals surface area contributed by atoms with Gasteiger partial charge in [0.15, 0.2) is 5.11 Å². The SMILES string of the molecule is Cc1cc(C[C@H](NC(=S)Nc2ccccc2)c2nc3ccccc3n2COCC[Si](C)(C)C)ccc1C1CC(=O)N(COCC[Si](C)(C)C)S1(=O)=O. The van der Waals surface area contributed by atoms with Gasteiger partial charge in [0.1, 0.15) is 24.5 Å². The number of hydrogen-bond donors (Lipinski definition) is 2. The molecular formula is C38H53N5O5S2Si2. The van der Waals surface area contributed by atoms with E-state index in [1.54, 1.807) is 0 Å². The number of rotatable bonds is 16. The highest BCUT2D eigenvalue weighted by atomic mass is 32.2. The maximum Gasteiger partial charge on any atom is 0.246 e. The van der Waals surface area contributed by atoms with Gasteiger partial charge in [-0.2, -0.15) is 0 Å². The Morgan fingerprint density at radius 2 is 1.56 bits per heavy atom. The van der Waals surface area contributed by atoms with E-state index in [-0.39, 0.29) is 19.2 Å². The molecule has 4 aromatic rings. The molecule has 1 amide bonds. The van der Waals surface area contributed by atoms with Crippen LogP contribution in [0.1, 0.15) is 40.2 Å². The van der Waals surface area contributed by atoms with Crippen molar-refractivity contribution in [3.8, 4) is 0 Å². The van der Waals surface area contributed by atoms with Crippen LogP contribution in [0.2, 0.25) is 51.4 Å². The van der Waals surface area contributed by atoms with Crippen molar-refractivity contribution in [2.24, 2.45) is 0 Å². The molecule has 280 valence electrons. The van der Waals surface area contributed by atoms with Gasteiger partial charge in [0.25, 0.3) is 0 Å². The summed E-state index contributed by atoms with van der Waals surface area (Å²) in [7, 11) is -6.56. The number of thiocarbonyl (C=S) groups is 1. The van der Waals surface area contributed by atoms with Crippen LogP contribution >= 0.6 is 12.2 Å². The molecule has 52 heavy (non-hydrogen) atoms. The maximum absolute atomic E-state index is 13.6. The number of sulfonamides is 1. The van der Waals surface area contributed by atoms with Crippen molar-refractivity contribution in [1.82, 2.24) is 19.2 Å². The van der Waals surface area contributed by atoms with E-state index in [1.165, 1.54) is 0 Å². The molecule has 0 spiro atoms. The second-order valence-corrected chi connectivity index (χ2v) is 29.7. The van der Waals surface area contributed by atoms with Gasteiger partial charge in [0, 0.05) is 35.0 Å². The molecule has 2 N–H and O–H groups in total. The van der Waals surface area contributed by atoms with Crippen molar-refractivity contribution >= 4 is 66.1 Å². The summed E-state index contributed by atoms with van der Waals surface area (Å²) in [4.78, 5) is 18.0. The highest BCUT2D eigenvalue weighted by Crippen LogP contribution is 2.38. The molecule has 1 aliphatic rings. The average Bonchev–Trinajstić information content (AvgIpc) is 3.53. The predicted molar refractivity (Wildman–Crippen MR) is 219 cm³/mol. The van der Waals surface area contributed by atoms with E-state index < -0.39 is 37.3 Å². The van der Waals surface area contributed by atoms with Crippen LogP contribution in [-0.4, -0.2) is 69.4 Å². The number of imidazole rings is 1. The van der Waals surface area contributed by atoms with Crippen molar-refractivity contribution < 1.29 is 22.7 Å². The van der Waals surface area contributed by atoms with Crippen LogP contribution < -0.4 is 10.6 Å². The second-order valence-electron chi connectivity index (χ2n) is 16.0. The number of fused-ring (bicyclic) bond motifs is 1. The zero-order valence-electron chi connectivity index (χ0n) is 31.4. The number of ether oxygens (including phenoxy) is 2. The number of para-hydroxylation sites is 3. The summed E-state index contributed by atoms with van der Waals surface area (Å²) in [5.74, 6) is 0.345. The minimum atomic E-state index is -3.93. The van der Waals surface area contributed by atoms with Gasteiger partial charge in [-0.05, 0) is 78.6 Å². The summed E-state index contributed by atoms with van der Waals surface area (Å²) in [6, 6.07) is 25.2. The largest absolute Gasteiger partial charge is 0.361 e. The predicted octanol–water partition coefficient (Wildman–Crippen LogP) is 7.84. The van der Waals surface area contributed by atoms with Gasteiger partial charge in [-0.25, -0.2) is 17.7 Å². The maximum atomic E-state index is 13.6. The summed E-state index contributed by atoms with van der Waals surface area (Å²) in [5, 5.41) is 6.31. The number of hydrogen-bond acceptors (Lipinski definition) is 7. The minimum Gasteiger partial charge on any atom is -0.361 e. The van der Waals surface area contributed by atoms with Gasteiger partial charge in [0.05, 0.1) is 23.5 Å². The van der Waals surface area contributed by atoms with E-state index in [0.29, 0.717) is 37.0 Å². The Bertz CT molecular complexity index is 1980. The van der Waals surface area contributed by atoms with Crippen LogP contribution in [0, 0.1) is 6.92 Å². The lowest BCUT2D eigenvalue weighted by atomic mass is 9.97. The molecular weight excluding hydrogens is 727 g/mol. The number of nitrogens with one attached hydrogen (secondary N) is 2. The van der Waals surface area contributed by atoms with Gasteiger partial charge in [-0.3, -0.25) is 4.79 Å². The molecule has 1 fully saturated rings. The number of carbonyl (C=O) groups is 1. The summed E-state index contributed by atoms with van der Waals surface area (Å²) < 4.78 is 42.2. The number of amides is 1. The van der Waals surface area contributed by atoms with Crippen molar-refractivity contribution in [3.05, 3.63) is 95.3 Å². The van der Waals surface area contributed by atoms with E-state index >= 15 is 0 Å². The first kappa shape index (κ1) is 39.8. The fourth-order valence-electron chi connectivity index (χ4n) is 6.15. The van der Waals surface area contributed by atoms with Gasteiger partial charge >= 0.3 is 0 Å². The normalized spacial score (nSPS) is 16.7. The minimum absolute atomic E-state index is 0.106. The zero-order valence-corrected chi connectivity index (χ0v) is 35.1. The van der Waals surface area contributed by atoms with Crippen molar-refractivity contribution in [3.63, 3.8) is 0 Å². The third-order valence-electron chi connectivity index (χ3n) is 9.18. The number of aromatic nitrogens is 2. The molecule has 1 aliphatic heterocycles. The summed E-state index contributed by atoms with van der Waals surface area (Å²) in [6.45, 7) is 16.8. The third kappa shape index (κ3) is 10.4. The molecule has 1 unspecified atom stereocenters. The molecule has 2 atom stereocenters. The summed E-state index contributed by atoms with van der Waals surface area (Å²) >= 11 is 5.82. The number of anilines is 1. The second kappa shape index (κ2) is 16.7. The number of carbonyl (C=O) groups excluding carboxylic acids is 1. The van der Waals surface area contributed by atoms with Crippen LogP contribution in [-0.2, 0) is 37.4 Å². The van der Waals surface area contributed by atoms with Crippen LogP contribution in [0.25, 0.3) is 11.0 Å². The lowest BCUT2D eigenvalue weighted by Gasteiger charge is -2.23. The molecule has 3 aromatic carbocycles. The molecule has 2 heterocycles. The standard InChI is InChI=1S/C38H53N5O5S2Si2/c1-28-23-29(17-18-31(28)35-25-36(44)43(50(35,45)46)27-48-20-22-52(5,6)7)24-33(41-38(49)39-30-13-9-8-10-14-30)37-40-32-15-11-12-16-34(32)42(37)26-47-19-21-51(2,3)4/h8-18,23,33,35H,19-22,24-27H2,1-7H3,(H2,39,41,49)/t33-,35?/m0/s1.